The molecule has 0 aliphatic rings. The largest absolute Gasteiger partial charge is 0.338 e. The second-order valence-corrected chi connectivity index (χ2v) is 5.04. The summed E-state index contributed by atoms with van der Waals surface area (Å²) in [5.41, 5.74) is 1.66. The predicted molar refractivity (Wildman–Crippen MR) is 87.1 cm³/mol. The van der Waals surface area contributed by atoms with Crippen molar-refractivity contribution in [1.29, 1.82) is 0 Å². The number of hydrogen-bond donors (Lipinski definition) is 2. The van der Waals surface area contributed by atoms with Gasteiger partial charge in [0.25, 0.3) is 0 Å². The van der Waals surface area contributed by atoms with Gasteiger partial charge in [-0.2, -0.15) is 0 Å². The zero-order valence-corrected chi connectivity index (χ0v) is 12.6. The number of nitrogens with one attached hydrogen (secondary N) is 2. The molecule has 5 heteroatoms. The van der Waals surface area contributed by atoms with Crippen LogP contribution in [0.5, 0.6) is 0 Å². The van der Waals surface area contributed by atoms with E-state index in [1.165, 1.54) is 18.3 Å². The molecular weight excluding hydrogens is 303 g/mol. The minimum Gasteiger partial charge on any atom is -0.338 e. The van der Waals surface area contributed by atoms with Gasteiger partial charge < -0.3 is 10.6 Å². The van der Waals surface area contributed by atoms with Crippen molar-refractivity contribution in [2.75, 3.05) is 6.54 Å². The first-order valence-corrected chi connectivity index (χ1v) is 7.23. The molecule has 0 spiro atoms. The van der Waals surface area contributed by atoms with Gasteiger partial charge in [-0.1, -0.05) is 41.9 Å². The van der Waals surface area contributed by atoms with Gasteiger partial charge in [-0.15, -0.1) is 0 Å². The third-order valence-electron chi connectivity index (χ3n) is 2.97. The lowest BCUT2D eigenvalue weighted by Gasteiger charge is -2.05. The molecule has 114 valence electrons. The van der Waals surface area contributed by atoms with Crippen molar-refractivity contribution in [2.24, 2.45) is 0 Å². The van der Waals surface area contributed by atoms with Gasteiger partial charge in [0.15, 0.2) is 0 Å². The standard InChI is InChI=1S/C17H16ClFN2O/c18-16-7-2-1-5-14(16)9-11-21-17(22)20-10-8-13-4-3-6-15(19)12-13/h1-7,9,11-12H,8,10H2,(H2,20,21,22)/b11-9+. The van der Waals surface area contributed by atoms with Crippen LogP contribution in [0.4, 0.5) is 9.18 Å². The van der Waals surface area contributed by atoms with Gasteiger partial charge in [0.05, 0.1) is 0 Å². The molecule has 0 atom stereocenters. The summed E-state index contributed by atoms with van der Waals surface area (Å²) in [6, 6.07) is 13.3. The van der Waals surface area contributed by atoms with E-state index in [-0.39, 0.29) is 11.8 Å². The molecule has 0 bridgehead atoms. The highest BCUT2D eigenvalue weighted by molar-refractivity contribution is 6.32. The van der Waals surface area contributed by atoms with Crippen molar-refractivity contribution in [3.05, 3.63) is 76.7 Å². The molecule has 0 saturated carbocycles. The molecule has 0 aromatic heterocycles. The van der Waals surface area contributed by atoms with E-state index >= 15 is 0 Å². The van der Waals surface area contributed by atoms with Crippen molar-refractivity contribution in [3.8, 4) is 0 Å². The van der Waals surface area contributed by atoms with E-state index in [1.54, 1.807) is 18.2 Å². The Morgan fingerprint density at radius 3 is 2.77 bits per heavy atom. The van der Waals surface area contributed by atoms with E-state index in [4.69, 9.17) is 11.6 Å². The molecule has 2 aromatic carbocycles. The van der Waals surface area contributed by atoms with E-state index in [0.717, 1.165) is 11.1 Å². The fourth-order valence-electron chi connectivity index (χ4n) is 1.88. The minimum atomic E-state index is -0.320. The van der Waals surface area contributed by atoms with Crippen LogP contribution in [-0.2, 0) is 6.42 Å². The van der Waals surface area contributed by atoms with Crippen LogP contribution < -0.4 is 10.6 Å². The maximum Gasteiger partial charge on any atom is 0.318 e. The number of hydrogen-bond acceptors (Lipinski definition) is 1. The van der Waals surface area contributed by atoms with Crippen LogP contribution in [0, 0.1) is 5.82 Å². The second kappa shape index (κ2) is 8.20. The molecule has 0 saturated heterocycles. The van der Waals surface area contributed by atoms with Crippen molar-refractivity contribution in [2.45, 2.75) is 6.42 Å². The highest BCUT2D eigenvalue weighted by Crippen LogP contribution is 2.15. The van der Waals surface area contributed by atoms with Crippen molar-refractivity contribution >= 4 is 23.7 Å². The Morgan fingerprint density at radius 1 is 1.18 bits per heavy atom. The second-order valence-electron chi connectivity index (χ2n) is 4.64. The lowest BCUT2D eigenvalue weighted by Crippen LogP contribution is -2.33. The van der Waals surface area contributed by atoms with Gasteiger partial charge in [0.1, 0.15) is 5.82 Å². The zero-order valence-electron chi connectivity index (χ0n) is 11.9. The maximum absolute atomic E-state index is 13.0. The van der Waals surface area contributed by atoms with E-state index in [9.17, 15) is 9.18 Å². The summed E-state index contributed by atoms with van der Waals surface area (Å²) in [6.07, 6.45) is 3.81. The predicted octanol–water partition coefficient (Wildman–Crippen LogP) is 3.99. The SMILES string of the molecule is O=C(N/C=C/c1ccccc1Cl)NCCc1cccc(F)c1. The molecule has 0 aliphatic heterocycles. The average molecular weight is 319 g/mol. The zero-order chi connectivity index (χ0) is 15.8. The molecule has 3 nitrogen and oxygen atoms in total. The molecule has 22 heavy (non-hydrogen) atoms. The first-order chi connectivity index (χ1) is 10.6. The molecular formula is C17H16ClFN2O. The van der Waals surface area contributed by atoms with Crippen molar-refractivity contribution < 1.29 is 9.18 Å². The van der Waals surface area contributed by atoms with Crippen molar-refractivity contribution in [1.82, 2.24) is 10.6 Å². The molecule has 2 N–H and O–H groups in total. The molecule has 0 fully saturated rings. The molecule has 2 aromatic rings. The minimum absolute atomic E-state index is 0.273. The highest BCUT2D eigenvalue weighted by atomic mass is 35.5. The molecule has 2 rings (SSSR count). The molecule has 2 amide bonds. The Kier molecular flexibility index (Phi) is 5.98. The van der Waals surface area contributed by atoms with Gasteiger partial charge in [-0.05, 0) is 41.8 Å². The van der Waals surface area contributed by atoms with Gasteiger partial charge in [-0.25, -0.2) is 9.18 Å². The highest BCUT2D eigenvalue weighted by Gasteiger charge is 1.99. The number of rotatable bonds is 5. The lowest BCUT2D eigenvalue weighted by molar-refractivity contribution is 0.244. The van der Waals surface area contributed by atoms with Crippen LogP contribution in [0.2, 0.25) is 5.02 Å². The maximum atomic E-state index is 13.0. The third kappa shape index (κ3) is 5.22. The van der Waals surface area contributed by atoms with Crippen LogP contribution in [-0.4, -0.2) is 12.6 Å². The van der Waals surface area contributed by atoms with E-state index in [1.807, 2.05) is 24.3 Å². The topological polar surface area (TPSA) is 41.1 Å². The monoisotopic (exact) mass is 318 g/mol. The Hall–Kier alpha value is -2.33. The molecule has 0 heterocycles. The molecule has 0 aliphatic carbocycles. The van der Waals surface area contributed by atoms with Crippen LogP contribution in [0.3, 0.4) is 0 Å². The normalized spacial score (nSPS) is 10.6. The van der Waals surface area contributed by atoms with Gasteiger partial charge >= 0.3 is 6.03 Å². The van der Waals surface area contributed by atoms with Gasteiger partial charge in [-0.3, -0.25) is 0 Å². The first kappa shape index (κ1) is 16.0. The summed E-state index contributed by atoms with van der Waals surface area (Å²) in [4.78, 5) is 11.6. The Morgan fingerprint density at radius 2 is 2.00 bits per heavy atom. The summed E-state index contributed by atoms with van der Waals surface area (Å²) in [6.45, 7) is 0.426. The van der Waals surface area contributed by atoms with E-state index in [0.29, 0.717) is 18.0 Å². The number of benzene rings is 2. The quantitative estimate of drug-likeness (QED) is 0.860. The number of halogens is 2. The fourth-order valence-corrected chi connectivity index (χ4v) is 2.08. The number of urea groups is 1. The lowest BCUT2D eigenvalue weighted by atomic mass is 10.1. The Labute approximate surface area is 133 Å². The van der Waals surface area contributed by atoms with Crippen molar-refractivity contribution in [3.63, 3.8) is 0 Å². The summed E-state index contributed by atoms with van der Waals surface area (Å²) < 4.78 is 13.0. The fraction of sp³-hybridized carbons (Fsp3) is 0.118. The smallest absolute Gasteiger partial charge is 0.318 e. The van der Waals surface area contributed by atoms with E-state index in [2.05, 4.69) is 10.6 Å². The first-order valence-electron chi connectivity index (χ1n) is 6.85. The van der Waals surface area contributed by atoms with Crippen LogP contribution in [0.15, 0.2) is 54.7 Å². The Bertz CT molecular complexity index is 673. The average Bonchev–Trinajstić information content (AvgIpc) is 2.49. The summed E-state index contributed by atoms with van der Waals surface area (Å²) in [5.74, 6) is -0.273. The summed E-state index contributed by atoms with van der Waals surface area (Å²) >= 11 is 5.99. The number of amides is 2. The Balaban J connectivity index is 1.73. The molecule has 0 radical (unpaired) electrons. The number of carbonyl (C=O) groups is 1. The summed E-state index contributed by atoms with van der Waals surface area (Å²) in [5, 5.41) is 5.91. The number of carbonyl (C=O) groups excluding carboxylic acids is 1. The molecule has 0 unspecified atom stereocenters. The van der Waals surface area contributed by atoms with Crippen LogP contribution in [0.1, 0.15) is 11.1 Å². The van der Waals surface area contributed by atoms with Crippen LogP contribution >= 0.6 is 11.6 Å². The summed E-state index contributed by atoms with van der Waals surface area (Å²) in [7, 11) is 0. The van der Waals surface area contributed by atoms with E-state index < -0.39 is 0 Å². The van der Waals surface area contributed by atoms with Crippen LogP contribution in [0.25, 0.3) is 6.08 Å². The third-order valence-corrected chi connectivity index (χ3v) is 3.32. The van der Waals surface area contributed by atoms with Gasteiger partial charge in [0, 0.05) is 17.8 Å². The van der Waals surface area contributed by atoms with Gasteiger partial charge in [0.2, 0.25) is 0 Å².